The second kappa shape index (κ2) is 9.44. The third-order valence-corrected chi connectivity index (χ3v) is 4.32. The van der Waals surface area contributed by atoms with E-state index in [1.807, 2.05) is 6.07 Å². The highest BCUT2D eigenvalue weighted by molar-refractivity contribution is 5.91. The Kier molecular flexibility index (Phi) is 6.51. The Morgan fingerprint density at radius 2 is 1.84 bits per heavy atom. The zero-order chi connectivity index (χ0) is 22.4. The monoisotopic (exact) mass is 421 g/mol. The number of aryl methyl sites for hydroxylation is 1. The first-order valence-corrected chi connectivity index (χ1v) is 9.22. The fourth-order valence-electron chi connectivity index (χ4n) is 2.82. The standard InChI is InChI=1S/C21H19N5O5/c1-14-20(26(29)30)15(2)25(24-14)13-19(27)23-22-12-16-8-10-18(11-9-16)31-21(28)17-6-4-3-5-7-17/h3-12H,13H2,1-2H3,(H,23,27)/b22-12+. The third kappa shape index (κ3) is 5.38. The Bertz CT molecular complexity index is 1140. The Balaban J connectivity index is 1.54. The van der Waals surface area contributed by atoms with E-state index >= 15 is 0 Å². The van der Waals surface area contributed by atoms with E-state index in [4.69, 9.17) is 4.74 Å². The van der Waals surface area contributed by atoms with Crippen LogP contribution in [-0.4, -0.2) is 32.8 Å². The molecule has 10 heteroatoms. The van der Waals surface area contributed by atoms with Crippen LogP contribution >= 0.6 is 0 Å². The number of ether oxygens (including phenoxy) is 1. The quantitative estimate of drug-likeness (QED) is 0.205. The van der Waals surface area contributed by atoms with Gasteiger partial charge in [-0.05, 0) is 55.8 Å². The number of hydrazone groups is 1. The molecule has 0 fully saturated rings. The van der Waals surface area contributed by atoms with Crippen LogP contribution in [0.5, 0.6) is 5.75 Å². The summed E-state index contributed by atoms with van der Waals surface area (Å²) in [4.78, 5) is 34.6. The van der Waals surface area contributed by atoms with Crippen LogP contribution in [0.2, 0.25) is 0 Å². The van der Waals surface area contributed by atoms with Crippen LogP contribution in [0.25, 0.3) is 0 Å². The molecule has 0 aliphatic heterocycles. The van der Waals surface area contributed by atoms with Gasteiger partial charge in [-0.1, -0.05) is 18.2 Å². The van der Waals surface area contributed by atoms with Crippen molar-refractivity contribution in [1.29, 1.82) is 0 Å². The molecule has 1 amide bonds. The highest BCUT2D eigenvalue weighted by atomic mass is 16.6. The zero-order valence-corrected chi connectivity index (χ0v) is 16.8. The largest absolute Gasteiger partial charge is 0.423 e. The lowest BCUT2D eigenvalue weighted by atomic mass is 10.2. The maximum Gasteiger partial charge on any atom is 0.343 e. The molecule has 0 aliphatic carbocycles. The minimum absolute atomic E-state index is 0.107. The average molecular weight is 421 g/mol. The molecule has 0 saturated carbocycles. The minimum atomic E-state index is -0.523. The Morgan fingerprint density at radius 3 is 2.45 bits per heavy atom. The molecule has 0 unspecified atom stereocenters. The van der Waals surface area contributed by atoms with Crippen LogP contribution in [0.3, 0.4) is 0 Å². The Labute approximate surface area is 177 Å². The summed E-state index contributed by atoms with van der Waals surface area (Å²) in [5.41, 5.74) is 3.89. The van der Waals surface area contributed by atoms with Crippen molar-refractivity contribution >= 4 is 23.8 Å². The van der Waals surface area contributed by atoms with E-state index in [1.54, 1.807) is 48.5 Å². The summed E-state index contributed by atoms with van der Waals surface area (Å²) in [7, 11) is 0. The number of hydrogen-bond donors (Lipinski definition) is 1. The molecule has 0 spiro atoms. The van der Waals surface area contributed by atoms with Crippen molar-refractivity contribution in [2.45, 2.75) is 20.4 Å². The highest BCUT2D eigenvalue weighted by Gasteiger charge is 2.22. The molecule has 0 saturated heterocycles. The van der Waals surface area contributed by atoms with E-state index in [1.165, 1.54) is 24.7 Å². The summed E-state index contributed by atoms with van der Waals surface area (Å²) in [6.07, 6.45) is 1.42. The molecule has 158 valence electrons. The predicted molar refractivity (Wildman–Crippen MR) is 112 cm³/mol. The minimum Gasteiger partial charge on any atom is -0.423 e. The second-order valence-corrected chi connectivity index (χ2v) is 6.55. The molecule has 0 radical (unpaired) electrons. The van der Waals surface area contributed by atoms with Gasteiger partial charge in [-0.25, -0.2) is 10.2 Å². The van der Waals surface area contributed by atoms with Crippen molar-refractivity contribution in [3.05, 3.63) is 87.2 Å². The van der Waals surface area contributed by atoms with Gasteiger partial charge in [0.25, 0.3) is 5.91 Å². The number of nitrogens with one attached hydrogen (secondary N) is 1. The van der Waals surface area contributed by atoms with Gasteiger partial charge >= 0.3 is 11.7 Å². The number of hydrogen-bond acceptors (Lipinski definition) is 7. The molecule has 0 aliphatic rings. The van der Waals surface area contributed by atoms with Gasteiger partial charge in [0.05, 0.1) is 16.7 Å². The van der Waals surface area contributed by atoms with Crippen LogP contribution in [0.4, 0.5) is 5.69 Å². The molecular formula is C21H19N5O5. The van der Waals surface area contributed by atoms with Crippen molar-refractivity contribution in [3.8, 4) is 5.75 Å². The van der Waals surface area contributed by atoms with Crippen molar-refractivity contribution in [2.75, 3.05) is 0 Å². The summed E-state index contributed by atoms with van der Waals surface area (Å²) in [6, 6.07) is 15.2. The molecule has 1 heterocycles. The number of carbonyl (C=O) groups is 2. The number of benzene rings is 2. The van der Waals surface area contributed by atoms with Gasteiger partial charge in [0.15, 0.2) is 0 Å². The average Bonchev–Trinajstić information content (AvgIpc) is 3.02. The predicted octanol–water partition coefficient (Wildman–Crippen LogP) is 2.78. The molecule has 10 nitrogen and oxygen atoms in total. The smallest absolute Gasteiger partial charge is 0.343 e. The Morgan fingerprint density at radius 1 is 1.16 bits per heavy atom. The lowest BCUT2D eigenvalue weighted by Crippen LogP contribution is -2.24. The first-order valence-electron chi connectivity index (χ1n) is 9.22. The molecule has 3 aromatic rings. The maximum absolute atomic E-state index is 12.0. The van der Waals surface area contributed by atoms with Crippen molar-refractivity contribution < 1.29 is 19.2 Å². The van der Waals surface area contributed by atoms with Crippen LogP contribution < -0.4 is 10.2 Å². The van der Waals surface area contributed by atoms with Gasteiger partial charge in [-0.2, -0.15) is 10.2 Å². The first-order chi connectivity index (χ1) is 14.8. The molecule has 1 aromatic heterocycles. The topological polar surface area (TPSA) is 129 Å². The van der Waals surface area contributed by atoms with E-state index in [0.717, 1.165) is 0 Å². The second-order valence-electron chi connectivity index (χ2n) is 6.55. The number of nitrogens with zero attached hydrogens (tertiary/aromatic N) is 4. The van der Waals surface area contributed by atoms with Crippen LogP contribution in [0.1, 0.15) is 27.3 Å². The number of rotatable bonds is 7. The summed E-state index contributed by atoms with van der Waals surface area (Å²) >= 11 is 0. The van der Waals surface area contributed by atoms with Crippen LogP contribution in [0, 0.1) is 24.0 Å². The molecule has 31 heavy (non-hydrogen) atoms. The molecule has 0 atom stereocenters. The van der Waals surface area contributed by atoms with E-state index in [2.05, 4.69) is 15.6 Å². The zero-order valence-electron chi connectivity index (χ0n) is 16.8. The fraction of sp³-hybridized carbons (Fsp3) is 0.143. The van der Waals surface area contributed by atoms with E-state index < -0.39 is 16.8 Å². The highest BCUT2D eigenvalue weighted by Crippen LogP contribution is 2.21. The molecular weight excluding hydrogens is 402 g/mol. The van der Waals surface area contributed by atoms with E-state index in [9.17, 15) is 19.7 Å². The maximum atomic E-state index is 12.0. The van der Waals surface area contributed by atoms with Gasteiger partial charge in [0.2, 0.25) is 0 Å². The van der Waals surface area contributed by atoms with Crippen molar-refractivity contribution in [2.24, 2.45) is 5.10 Å². The van der Waals surface area contributed by atoms with Crippen molar-refractivity contribution in [3.63, 3.8) is 0 Å². The molecule has 0 bridgehead atoms. The lowest BCUT2D eigenvalue weighted by molar-refractivity contribution is -0.386. The summed E-state index contributed by atoms with van der Waals surface area (Å²) in [5.74, 6) is -0.565. The van der Waals surface area contributed by atoms with E-state index in [0.29, 0.717) is 22.6 Å². The van der Waals surface area contributed by atoms with Gasteiger partial charge in [-0.3, -0.25) is 19.6 Å². The van der Waals surface area contributed by atoms with E-state index in [-0.39, 0.29) is 17.9 Å². The summed E-state index contributed by atoms with van der Waals surface area (Å²) in [5, 5.41) is 18.9. The Hall–Kier alpha value is -4.34. The van der Waals surface area contributed by atoms with Crippen LogP contribution in [0.15, 0.2) is 59.7 Å². The van der Waals surface area contributed by atoms with Gasteiger partial charge in [0, 0.05) is 0 Å². The fourth-order valence-corrected chi connectivity index (χ4v) is 2.82. The summed E-state index contributed by atoms with van der Waals surface area (Å²) in [6.45, 7) is 2.84. The van der Waals surface area contributed by atoms with Crippen molar-refractivity contribution in [1.82, 2.24) is 15.2 Å². The van der Waals surface area contributed by atoms with Gasteiger partial charge < -0.3 is 4.74 Å². The molecule has 3 rings (SSSR count). The van der Waals surface area contributed by atoms with Crippen LogP contribution in [-0.2, 0) is 11.3 Å². The number of amides is 1. The normalized spacial score (nSPS) is 10.8. The molecule has 2 aromatic carbocycles. The summed E-state index contributed by atoms with van der Waals surface area (Å²) < 4.78 is 6.55. The number of esters is 1. The number of aromatic nitrogens is 2. The molecule has 1 N–H and O–H groups in total. The third-order valence-electron chi connectivity index (χ3n) is 4.32. The van der Waals surface area contributed by atoms with Gasteiger partial charge in [-0.15, -0.1) is 0 Å². The SMILES string of the molecule is Cc1nn(CC(=O)N/N=C/c2ccc(OC(=O)c3ccccc3)cc2)c(C)c1[N+](=O)[O-]. The van der Waals surface area contributed by atoms with Gasteiger partial charge in [0.1, 0.15) is 23.7 Å². The lowest BCUT2D eigenvalue weighted by Gasteiger charge is -2.04. The number of nitro groups is 1. The first kappa shape index (κ1) is 21.4. The number of carbonyl (C=O) groups excluding carboxylic acids is 2.